The summed E-state index contributed by atoms with van der Waals surface area (Å²) in [6, 6.07) is 7.10. The van der Waals surface area contributed by atoms with Crippen molar-refractivity contribution in [3.8, 4) is 5.75 Å². The summed E-state index contributed by atoms with van der Waals surface area (Å²) >= 11 is 0. The summed E-state index contributed by atoms with van der Waals surface area (Å²) in [5.74, 6) is 0.231. The third-order valence-electron chi connectivity index (χ3n) is 2.10. The number of nitrogens with one attached hydrogen (secondary N) is 2. The van der Waals surface area contributed by atoms with Crippen molar-refractivity contribution in [3.63, 3.8) is 0 Å². The minimum Gasteiger partial charge on any atom is -0.489 e. The van der Waals surface area contributed by atoms with Crippen LogP contribution in [-0.2, 0) is 9.53 Å². The molecule has 2 N–H and O–H groups in total. The molecule has 0 spiro atoms. The van der Waals surface area contributed by atoms with Gasteiger partial charge >= 0.3 is 6.09 Å². The molecule has 6 heteroatoms. The van der Waals surface area contributed by atoms with Crippen molar-refractivity contribution in [2.45, 2.75) is 20.0 Å². The third-order valence-corrected chi connectivity index (χ3v) is 2.10. The zero-order valence-electron chi connectivity index (χ0n) is 11.2. The predicted molar refractivity (Wildman–Crippen MR) is 71.2 cm³/mol. The number of benzene rings is 1. The minimum absolute atomic E-state index is 0.00578. The highest BCUT2D eigenvalue weighted by Crippen LogP contribution is 2.24. The van der Waals surface area contributed by atoms with Crippen molar-refractivity contribution >= 4 is 17.7 Å². The Kier molecular flexibility index (Phi) is 5.66. The van der Waals surface area contributed by atoms with Gasteiger partial charge in [-0.2, -0.15) is 0 Å². The van der Waals surface area contributed by atoms with Gasteiger partial charge in [0.2, 0.25) is 5.91 Å². The molecule has 0 atom stereocenters. The van der Waals surface area contributed by atoms with Crippen molar-refractivity contribution in [3.05, 3.63) is 24.3 Å². The average Bonchev–Trinajstić information content (AvgIpc) is 2.37. The van der Waals surface area contributed by atoms with E-state index in [0.717, 1.165) is 0 Å². The molecule has 0 heterocycles. The Hall–Kier alpha value is -2.24. The summed E-state index contributed by atoms with van der Waals surface area (Å²) in [7, 11) is 1.24. The number of anilines is 1. The van der Waals surface area contributed by atoms with Crippen LogP contribution in [0.5, 0.6) is 5.75 Å². The number of hydrogen-bond acceptors (Lipinski definition) is 4. The summed E-state index contributed by atoms with van der Waals surface area (Å²) in [6.45, 7) is 3.64. The Labute approximate surface area is 112 Å². The van der Waals surface area contributed by atoms with Crippen molar-refractivity contribution < 1.29 is 19.1 Å². The Bertz CT molecular complexity index is 446. The summed E-state index contributed by atoms with van der Waals surface area (Å²) < 4.78 is 9.94. The average molecular weight is 266 g/mol. The van der Waals surface area contributed by atoms with Crippen molar-refractivity contribution in [1.82, 2.24) is 5.32 Å². The van der Waals surface area contributed by atoms with Gasteiger partial charge in [0.25, 0.3) is 0 Å². The molecule has 0 aliphatic rings. The topological polar surface area (TPSA) is 76.7 Å². The lowest BCUT2D eigenvalue weighted by molar-refractivity contribution is -0.115. The Morgan fingerprint density at radius 1 is 1.26 bits per heavy atom. The largest absolute Gasteiger partial charge is 0.489 e. The van der Waals surface area contributed by atoms with Crippen molar-refractivity contribution in [2.24, 2.45) is 0 Å². The second kappa shape index (κ2) is 7.25. The monoisotopic (exact) mass is 266 g/mol. The van der Waals surface area contributed by atoms with Crippen molar-refractivity contribution in [1.29, 1.82) is 0 Å². The minimum atomic E-state index is -0.651. The summed E-state index contributed by atoms with van der Waals surface area (Å²) in [5.41, 5.74) is 0.563. The molecule has 0 aliphatic carbocycles. The van der Waals surface area contributed by atoms with Gasteiger partial charge in [0.15, 0.2) is 0 Å². The number of amides is 2. The number of alkyl carbamates (subject to hydrolysis) is 1. The lowest BCUT2D eigenvalue weighted by atomic mass is 10.3. The second-order valence-corrected chi connectivity index (χ2v) is 4.06. The van der Waals surface area contributed by atoms with E-state index >= 15 is 0 Å². The summed E-state index contributed by atoms with van der Waals surface area (Å²) in [5, 5.41) is 4.96. The van der Waals surface area contributed by atoms with Crippen LogP contribution in [0.1, 0.15) is 13.8 Å². The Morgan fingerprint density at radius 2 is 1.95 bits per heavy atom. The predicted octanol–water partition coefficient (Wildman–Crippen LogP) is 1.77. The molecular formula is C13H18N2O4. The molecule has 0 radical (unpaired) electrons. The highest BCUT2D eigenvalue weighted by atomic mass is 16.5. The number of carbonyl (C=O) groups is 2. The molecule has 0 saturated carbocycles. The van der Waals surface area contributed by atoms with Crippen LogP contribution in [0.2, 0.25) is 0 Å². The highest BCUT2D eigenvalue weighted by molar-refractivity contribution is 5.95. The van der Waals surface area contributed by atoms with Gasteiger partial charge in [0, 0.05) is 0 Å². The first-order valence-electron chi connectivity index (χ1n) is 5.90. The van der Waals surface area contributed by atoms with E-state index in [1.54, 1.807) is 18.2 Å². The van der Waals surface area contributed by atoms with E-state index in [9.17, 15) is 9.59 Å². The molecule has 0 unspecified atom stereocenters. The number of para-hydroxylation sites is 2. The summed E-state index contributed by atoms with van der Waals surface area (Å²) in [4.78, 5) is 22.5. The van der Waals surface area contributed by atoms with E-state index in [-0.39, 0.29) is 18.6 Å². The molecule has 2 amide bonds. The molecule has 1 aromatic carbocycles. The van der Waals surface area contributed by atoms with Gasteiger partial charge in [0.05, 0.1) is 18.9 Å². The van der Waals surface area contributed by atoms with Crippen LogP contribution in [0.3, 0.4) is 0 Å². The molecule has 1 aromatic rings. The van der Waals surface area contributed by atoms with Gasteiger partial charge in [0.1, 0.15) is 12.3 Å². The first kappa shape index (κ1) is 14.8. The molecule has 0 aliphatic heterocycles. The van der Waals surface area contributed by atoms with E-state index in [1.165, 1.54) is 7.11 Å². The molecular weight excluding hydrogens is 248 g/mol. The van der Waals surface area contributed by atoms with Gasteiger partial charge in [-0.05, 0) is 26.0 Å². The lowest BCUT2D eigenvalue weighted by Gasteiger charge is -2.14. The van der Waals surface area contributed by atoms with Crippen LogP contribution in [0, 0.1) is 0 Å². The zero-order valence-corrected chi connectivity index (χ0v) is 11.2. The number of rotatable bonds is 5. The fraction of sp³-hybridized carbons (Fsp3) is 0.385. The van der Waals surface area contributed by atoms with Crippen LogP contribution < -0.4 is 15.4 Å². The van der Waals surface area contributed by atoms with Gasteiger partial charge in [-0.1, -0.05) is 12.1 Å². The fourth-order valence-electron chi connectivity index (χ4n) is 1.35. The SMILES string of the molecule is COC(=O)NCC(=O)Nc1ccccc1OC(C)C. The van der Waals surface area contributed by atoms with E-state index in [0.29, 0.717) is 11.4 Å². The third kappa shape index (κ3) is 5.29. The van der Waals surface area contributed by atoms with Gasteiger partial charge in [-0.3, -0.25) is 4.79 Å². The smallest absolute Gasteiger partial charge is 0.407 e. The van der Waals surface area contributed by atoms with Crippen LogP contribution in [0.4, 0.5) is 10.5 Å². The quantitative estimate of drug-likeness (QED) is 0.851. The van der Waals surface area contributed by atoms with Crippen LogP contribution in [-0.4, -0.2) is 31.8 Å². The van der Waals surface area contributed by atoms with Crippen molar-refractivity contribution in [2.75, 3.05) is 19.0 Å². The molecule has 0 aromatic heterocycles. The number of hydrogen-bond donors (Lipinski definition) is 2. The first-order valence-corrected chi connectivity index (χ1v) is 5.90. The Balaban J connectivity index is 2.61. The standard InChI is InChI=1S/C13H18N2O4/c1-9(2)19-11-7-5-4-6-10(11)15-12(16)8-14-13(17)18-3/h4-7,9H,8H2,1-3H3,(H,14,17)(H,15,16). The normalized spacial score (nSPS) is 9.89. The molecule has 6 nitrogen and oxygen atoms in total. The number of methoxy groups -OCH3 is 1. The van der Waals surface area contributed by atoms with E-state index in [1.807, 2.05) is 19.9 Å². The molecule has 0 fully saturated rings. The maximum atomic E-state index is 11.6. The van der Waals surface area contributed by atoms with Gasteiger partial charge in [-0.15, -0.1) is 0 Å². The number of ether oxygens (including phenoxy) is 2. The molecule has 19 heavy (non-hydrogen) atoms. The fourth-order valence-corrected chi connectivity index (χ4v) is 1.35. The van der Waals surface area contributed by atoms with E-state index in [4.69, 9.17) is 4.74 Å². The molecule has 0 saturated heterocycles. The van der Waals surface area contributed by atoms with Gasteiger partial charge in [-0.25, -0.2) is 4.79 Å². The zero-order chi connectivity index (χ0) is 14.3. The van der Waals surface area contributed by atoms with Gasteiger partial charge < -0.3 is 20.1 Å². The van der Waals surface area contributed by atoms with Crippen LogP contribution >= 0.6 is 0 Å². The molecule has 0 bridgehead atoms. The first-order chi connectivity index (χ1) is 9.02. The Morgan fingerprint density at radius 3 is 2.58 bits per heavy atom. The maximum absolute atomic E-state index is 11.6. The molecule has 1 rings (SSSR count). The lowest BCUT2D eigenvalue weighted by Crippen LogP contribution is -2.32. The van der Waals surface area contributed by atoms with E-state index in [2.05, 4.69) is 15.4 Å². The van der Waals surface area contributed by atoms with Crippen LogP contribution in [0.15, 0.2) is 24.3 Å². The summed E-state index contributed by atoms with van der Waals surface area (Å²) in [6.07, 6.45) is -0.645. The highest BCUT2D eigenvalue weighted by Gasteiger charge is 2.09. The molecule has 104 valence electrons. The van der Waals surface area contributed by atoms with E-state index < -0.39 is 6.09 Å². The maximum Gasteiger partial charge on any atom is 0.407 e. The second-order valence-electron chi connectivity index (χ2n) is 4.06. The number of carbonyl (C=O) groups excluding carboxylic acids is 2. The van der Waals surface area contributed by atoms with Crippen LogP contribution in [0.25, 0.3) is 0 Å².